The molecule has 1 aliphatic heterocycles. The SMILES string of the molecule is CCc1nc(C2CN(CCc3ccccc3)CC23CCCC3)no1. The van der Waals surface area contributed by atoms with E-state index in [1.807, 2.05) is 0 Å². The second-order valence-corrected chi connectivity index (χ2v) is 7.49. The predicted octanol–water partition coefficient (Wildman–Crippen LogP) is 3.83. The molecule has 24 heavy (non-hydrogen) atoms. The summed E-state index contributed by atoms with van der Waals surface area (Å²) in [6, 6.07) is 10.8. The molecule has 1 aromatic heterocycles. The summed E-state index contributed by atoms with van der Waals surface area (Å²) in [5.74, 6) is 2.18. The molecule has 4 rings (SSSR count). The Morgan fingerprint density at radius 3 is 2.71 bits per heavy atom. The van der Waals surface area contributed by atoms with Gasteiger partial charge in [-0.3, -0.25) is 0 Å². The molecular weight excluding hydrogens is 298 g/mol. The summed E-state index contributed by atoms with van der Waals surface area (Å²) in [5.41, 5.74) is 1.81. The molecule has 0 radical (unpaired) electrons. The lowest BCUT2D eigenvalue weighted by Gasteiger charge is -2.28. The molecule has 1 spiro atoms. The largest absolute Gasteiger partial charge is 0.339 e. The number of hydrogen-bond acceptors (Lipinski definition) is 4. The highest BCUT2D eigenvalue weighted by Gasteiger charge is 2.50. The fourth-order valence-electron chi connectivity index (χ4n) is 4.67. The molecule has 1 aromatic carbocycles. The van der Waals surface area contributed by atoms with E-state index in [4.69, 9.17) is 4.52 Å². The first-order chi connectivity index (χ1) is 11.8. The summed E-state index contributed by atoms with van der Waals surface area (Å²) in [6.45, 7) is 5.47. The Morgan fingerprint density at radius 2 is 2.00 bits per heavy atom. The molecule has 2 aliphatic rings. The minimum absolute atomic E-state index is 0.381. The van der Waals surface area contributed by atoms with Crippen molar-refractivity contribution in [3.8, 4) is 0 Å². The highest BCUT2D eigenvalue weighted by Crippen LogP contribution is 2.52. The Morgan fingerprint density at radius 1 is 1.21 bits per heavy atom. The highest BCUT2D eigenvalue weighted by molar-refractivity contribution is 5.16. The zero-order valence-corrected chi connectivity index (χ0v) is 14.6. The van der Waals surface area contributed by atoms with Crippen LogP contribution in [-0.4, -0.2) is 34.7 Å². The van der Waals surface area contributed by atoms with Crippen LogP contribution < -0.4 is 0 Å². The van der Waals surface area contributed by atoms with Gasteiger partial charge in [-0.2, -0.15) is 4.98 Å². The van der Waals surface area contributed by atoms with Crippen molar-refractivity contribution in [2.75, 3.05) is 19.6 Å². The number of likely N-dealkylation sites (tertiary alicyclic amines) is 1. The summed E-state index contributed by atoms with van der Waals surface area (Å²) in [7, 11) is 0. The molecular formula is C20H27N3O. The van der Waals surface area contributed by atoms with E-state index >= 15 is 0 Å². The molecule has 128 valence electrons. The van der Waals surface area contributed by atoms with E-state index in [2.05, 4.69) is 52.3 Å². The molecule has 0 amide bonds. The Hall–Kier alpha value is -1.68. The zero-order valence-electron chi connectivity index (χ0n) is 14.6. The quantitative estimate of drug-likeness (QED) is 0.838. The molecule has 0 bridgehead atoms. The first kappa shape index (κ1) is 15.8. The van der Waals surface area contributed by atoms with Gasteiger partial charge in [0.15, 0.2) is 5.82 Å². The minimum atomic E-state index is 0.381. The standard InChI is InChI=1S/C20H27N3O/c1-2-18-21-19(22-24-18)17-14-23(15-20(17)11-6-7-12-20)13-10-16-8-4-3-5-9-16/h3-5,8-9,17H,2,6-7,10-15H2,1H3. The van der Waals surface area contributed by atoms with Crippen molar-refractivity contribution >= 4 is 0 Å². The number of rotatable bonds is 5. The van der Waals surface area contributed by atoms with Gasteiger partial charge in [-0.15, -0.1) is 0 Å². The highest BCUT2D eigenvalue weighted by atomic mass is 16.5. The number of hydrogen-bond donors (Lipinski definition) is 0. The van der Waals surface area contributed by atoms with Crippen molar-refractivity contribution in [2.24, 2.45) is 5.41 Å². The van der Waals surface area contributed by atoms with E-state index in [0.717, 1.165) is 37.6 Å². The Balaban J connectivity index is 1.48. The Bertz CT molecular complexity index is 661. The van der Waals surface area contributed by atoms with Gasteiger partial charge in [0.05, 0.1) is 0 Å². The van der Waals surface area contributed by atoms with Crippen LogP contribution in [0, 0.1) is 5.41 Å². The van der Waals surface area contributed by atoms with Crippen LogP contribution in [0.2, 0.25) is 0 Å². The third-order valence-electron chi connectivity index (χ3n) is 5.98. The van der Waals surface area contributed by atoms with E-state index < -0.39 is 0 Å². The monoisotopic (exact) mass is 325 g/mol. The van der Waals surface area contributed by atoms with Gasteiger partial charge in [0, 0.05) is 32.0 Å². The van der Waals surface area contributed by atoms with E-state index in [-0.39, 0.29) is 0 Å². The fourth-order valence-corrected chi connectivity index (χ4v) is 4.67. The lowest BCUT2D eigenvalue weighted by atomic mass is 9.76. The van der Waals surface area contributed by atoms with Gasteiger partial charge < -0.3 is 9.42 Å². The average molecular weight is 325 g/mol. The first-order valence-electron chi connectivity index (χ1n) is 9.38. The van der Waals surface area contributed by atoms with Crippen molar-refractivity contribution in [3.05, 3.63) is 47.6 Å². The van der Waals surface area contributed by atoms with E-state index in [1.165, 1.54) is 37.8 Å². The maximum atomic E-state index is 5.41. The third kappa shape index (κ3) is 3.00. The summed E-state index contributed by atoms with van der Waals surface area (Å²) < 4.78 is 5.41. The smallest absolute Gasteiger partial charge is 0.226 e. The summed E-state index contributed by atoms with van der Waals surface area (Å²) in [6.07, 6.45) is 7.27. The molecule has 4 nitrogen and oxygen atoms in total. The van der Waals surface area contributed by atoms with Crippen LogP contribution >= 0.6 is 0 Å². The van der Waals surface area contributed by atoms with Gasteiger partial charge in [-0.1, -0.05) is 55.3 Å². The molecule has 1 unspecified atom stereocenters. The predicted molar refractivity (Wildman–Crippen MR) is 93.9 cm³/mol. The molecule has 2 fully saturated rings. The normalized spacial score (nSPS) is 23.3. The number of aromatic nitrogens is 2. The first-order valence-corrected chi connectivity index (χ1v) is 9.38. The van der Waals surface area contributed by atoms with Gasteiger partial charge >= 0.3 is 0 Å². The van der Waals surface area contributed by atoms with Gasteiger partial charge in [0.2, 0.25) is 5.89 Å². The Kier molecular flexibility index (Phi) is 4.40. The molecule has 1 atom stereocenters. The maximum absolute atomic E-state index is 5.41. The lowest BCUT2D eigenvalue weighted by Crippen LogP contribution is -2.28. The van der Waals surface area contributed by atoms with Crippen LogP contribution in [0.25, 0.3) is 0 Å². The van der Waals surface area contributed by atoms with Crippen molar-refractivity contribution in [3.63, 3.8) is 0 Å². The van der Waals surface area contributed by atoms with Gasteiger partial charge in [0.25, 0.3) is 0 Å². The van der Waals surface area contributed by atoms with Crippen LogP contribution in [0.1, 0.15) is 55.8 Å². The van der Waals surface area contributed by atoms with Crippen LogP contribution in [0.5, 0.6) is 0 Å². The van der Waals surface area contributed by atoms with Crippen molar-refractivity contribution in [1.29, 1.82) is 0 Å². The minimum Gasteiger partial charge on any atom is -0.339 e. The molecule has 1 saturated heterocycles. The topological polar surface area (TPSA) is 42.2 Å². The molecule has 1 aliphatic carbocycles. The van der Waals surface area contributed by atoms with E-state index in [1.54, 1.807) is 0 Å². The lowest BCUT2D eigenvalue weighted by molar-refractivity contribution is 0.247. The number of nitrogens with zero attached hydrogens (tertiary/aromatic N) is 3. The molecule has 1 saturated carbocycles. The third-order valence-corrected chi connectivity index (χ3v) is 5.98. The second-order valence-electron chi connectivity index (χ2n) is 7.49. The molecule has 2 heterocycles. The average Bonchev–Trinajstić information content (AvgIpc) is 3.35. The summed E-state index contributed by atoms with van der Waals surface area (Å²) in [4.78, 5) is 7.31. The van der Waals surface area contributed by atoms with Gasteiger partial charge in [-0.05, 0) is 30.2 Å². The second kappa shape index (κ2) is 6.67. The van der Waals surface area contributed by atoms with Crippen LogP contribution in [0.3, 0.4) is 0 Å². The van der Waals surface area contributed by atoms with Gasteiger partial charge in [-0.25, -0.2) is 0 Å². The zero-order chi connectivity index (χ0) is 16.4. The van der Waals surface area contributed by atoms with Crippen molar-refractivity contribution in [2.45, 2.75) is 51.4 Å². The van der Waals surface area contributed by atoms with Crippen LogP contribution in [0.15, 0.2) is 34.9 Å². The fraction of sp³-hybridized carbons (Fsp3) is 0.600. The van der Waals surface area contributed by atoms with E-state index in [0.29, 0.717) is 11.3 Å². The molecule has 0 N–H and O–H groups in total. The number of aryl methyl sites for hydroxylation is 1. The maximum Gasteiger partial charge on any atom is 0.226 e. The summed E-state index contributed by atoms with van der Waals surface area (Å²) in [5, 5.41) is 4.33. The van der Waals surface area contributed by atoms with Crippen LogP contribution in [0.4, 0.5) is 0 Å². The van der Waals surface area contributed by atoms with Crippen molar-refractivity contribution < 1.29 is 4.52 Å². The van der Waals surface area contributed by atoms with Gasteiger partial charge in [0.1, 0.15) is 0 Å². The molecule has 4 heteroatoms. The van der Waals surface area contributed by atoms with Crippen LogP contribution in [-0.2, 0) is 12.8 Å². The summed E-state index contributed by atoms with van der Waals surface area (Å²) >= 11 is 0. The number of benzene rings is 1. The Labute approximate surface area is 144 Å². The van der Waals surface area contributed by atoms with Crippen molar-refractivity contribution in [1.82, 2.24) is 15.0 Å². The molecule has 2 aromatic rings. The van der Waals surface area contributed by atoms with E-state index in [9.17, 15) is 0 Å².